The quantitative estimate of drug-likeness (QED) is 0.893. The molecule has 0 radical (unpaired) electrons. The van der Waals surface area contributed by atoms with Crippen molar-refractivity contribution in [1.29, 1.82) is 0 Å². The molecule has 19 heavy (non-hydrogen) atoms. The van der Waals surface area contributed by atoms with Gasteiger partial charge in [0.25, 0.3) is 0 Å². The summed E-state index contributed by atoms with van der Waals surface area (Å²) in [5.41, 5.74) is 1.18. The molecule has 0 amide bonds. The van der Waals surface area contributed by atoms with Crippen molar-refractivity contribution in [2.75, 3.05) is 33.2 Å². The molecule has 2 heterocycles. The summed E-state index contributed by atoms with van der Waals surface area (Å²) in [6, 6.07) is 6.28. The van der Waals surface area contributed by atoms with Crippen LogP contribution in [-0.2, 0) is 9.47 Å². The molecule has 104 valence electrons. The van der Waals surface area contributed by atoms with Crippen LogP contribution in [0.3, 0.4) is 0 Å². The number of hydrogen-bond acceptors (Lipinski definition) is 5. The Kier molecular flexibility index (Phi) is 3.87. The standard InChI is InChI=1S/C14H19NO4/c1-10(15-7-12-8-16-4-5-17-12)11-2-3-13-14(6-11)19-9-18-13/h2-3,6,10,12,15H,4-5,7-9H2,1H3. The van der Waals surface area contributed by atoms with Crippen molar-refractivity contribution in [2.45, 2.75) is 19.1 Å². The normalized spacial score (nSPS) is 23.3. The van der Waals surface area contributed by atoms with Gasteiger partial charge in [0.2, 0.25) is 6.79 Å². The van der Waals surface area contributed by atoms with E-state index >= 15 is 0 Å². The van der Waals surface area contributed by atoms with Gasteiger partial charge in [-0.25, -0.2) is 0 Å². The average molecular weight is 265 g/mol. The van der Waals surface area contributed by atoms with Crippen LogP contribution < -0.4 is 14.8 Å². The third-order valence-corrected chi connectivity index (χ3v) is 3.43. The molecule has 1 N–H and O–H groups in total. The molecule has 5 heteroatoms. The second-order valence-corrected chi connectivity index (χ2v) is 4.81. The van der Waals surface area contributed by atoms with Gasteiger partial charge in [-0.3, -0.25) is 0 Å². The predicted octanol–water partition coefficient (Wildman–Crippen LogP) is 1.48. The van der Waals surface area contributed by atoms with Crippen molar-refractivity contribution < 1.29 is 18.9 Å². The van der Waals surface area contributed by atoms with E-state index in [0.717, 1.165) is 18.0 Å². The Morgan fingerprint density at radius 1 is 1.26 bits per heavy atom. The highest BCUT2D eigenvalue weighted by molar-refractivity contribution is 5.45. The van der Waals surface area contributed by atoms with Crippen LogP contribution in [-0.4, -0.2) is 39.3 Å². The van der Waals surface area contributed by atoms with Gasteiger partial charge in [0.1, 0.15) is 0 Å². The molecule has 1 aromatic carbocycles. The Hall–Kier alpha value is -1.30. The maximum absolute atomic E-state index is 5.61. The van der Waals surface area contributed by atoms with Crippen LogP contribution in [0.25, 0.3) is 0 Å². The van der Waals surface area contributed by atoms with Crippen LogP contribution in [0.2, 0.25) is 0 Å². The number of fused-ring (bicyclic) bond motifs is 1. The van der Waals surface area contributed by atoms with E-state index in [9.17, 15) is 0 Å². The second kappa shape index (κ2) is 5.77. The van der Waals surface area contributed by atoms with Crippen molar-refractivity contribution in [3.8, 4) is 11.5 Å². The van der Waals surface area contributed by atoms with E-state index < -0.39 is 0 Å². The molecular formula is C14H19NO4. The van der Waals surface area contributed by atoms with E-state index in [0.29, 0.717) is 26.6 Å². The van der Waals surface area contributed by atoms with E-state index in [2.05, 4.69) is 18.3 Å². The first-order chi connectivity index (χ1) is 9.33. The van der Waals surface area contributed by atoms with Gasteiger partial charge in [0.05, 0.1) is 25.9 Å². The van der Waals surface area contributed by atoms with Gasteiger partial charge in [-0.2, -0.15) is 0 Å². The van der Waals surface area contributed by atoms with Crippen molar-refractivity contribution >= 4 is 0 Å². The fourth-order valence-electron chi connectivity index (χ4n) is 2.26. The third kappa shape index (κ3) is 3.00. The Morgan fingerprint density at radius 2 is 2.16 bits per heavy atom. The molecule has 0 aromatic heterocycles. The van der Waals surface area contributed by atoms with Crippen LogP contribution in [0.4, 0.5) is 0 Å². The Balaban J connectivity index is 1.56. The minimum atomic E-state index is 0.144. The highest BCUT2D eigenvalue weighted by atomic mass is 16.7. The van der Waals surface area contributed by atoms with Crippen LogP contribution >= 0.6 is 0 Å². The first-order valence-electron chi connectivity index (χ1n) is 6.65. The van der Waals surface area contributed by atoms with Gasteiger partial charge >= 0.3 is 0 Å². The molecule has 1 fully saturated rings. The van der Waals surface area contributed by atoms with Crippen molar-refractivity contribution in [2.24, 2.45) is 0 Å². The molecule has 2 aliphatic heterocycles. The fraction of sp³-hybridized carbons (Fsp3) is 0.571. The Labute approximate surface area is 112 Å². The van der Waals surface area contributed by atoms with Gasteiger partial charge in [0.15, 0.2) is 11.5 Å². The highest BCUT2D eigenvalue weighted by Gasteiger charge is 2.18. The largest absolute Gasteiger partial charge is 0.454 e. The molecule has 3 rings (SSSR count). The number of benzene rings is 1. The Bertz CT molecular complexity index is 431. The fourth-order valence-corrected chi connectivity index (χ4v) is 2.26. The lowest BCUT2D eigenvalue weighted by atomic mass is 10.1. The number of ether oxygens (including phenoxy) is 4. The molecule has 0 aliphatic carbocycles. The lowest BCUT2D eigenvalue weighted by Gasteiger charge is -2.25. The van der Waals surface area contributed by atoms with Gasteiger partial charge < -0.3 is 24.3 Å². The topological polar surface area (TPSA) is 49.0 Å². The van der Waals surface area contributed by atoms with Gasteiger partial charge in [-0.15, -0.1) is 0 Å². The summed E-state index contributed by atoms with van der Waals surface area (Å²) in [6.45, 7) is 5.28. The van der Waals surface area contributed by atoms with Crippen molar-refractivity contribution in [3.05, 3.63) is 23.8 Å². The van der Waals surface area contributed by atoms with Crippen LogP contribution in [0.15, 0.2) is 18.2 Å². The van der Waals surface area contributed by atoms with E-state index in [4.69, 9.17) is 18.9 Å². The zero-order valence-corrected chi connectivity index (χ0v) is 11.1. The van der Waals surface area contributed by atoms with Crippen LogP contribution in [0, 0.1) is 0 Å². The lowest BCUT2D eigenvalue weighted by molar-refractivity contribution is -0.0869. The monoisotopic (exact) mass is 265 g/mol. The molecule has 0 saturated carbocycles. The molecule has 0 bridgehead atoms. The molecule has 0 spiro atoms. The molecule has 2 atom stereocenters. The van der Waals surface area contributed by atoms with E-state index in [1.165, 1.54) is 5.56 Å². The van der Waals surface area contributed by atoms with Crippen LogP contribution in [0.1, 0.15) is 18.5 Å². The van der Waals surface area contributed by atoms with Gasteiger partial charge in [-0.1, -0.05) is 6.07 Å². The summed E-state index contributed by atoms with van der Waals surface area (Å²) >= 11 is 0. The number of nitrogens with one attached hydrogen (secondary N) is 1. The van der Waals surface area contributed by atoms with E-state index in [-0.39, 0.29) is 12.1 Å². The SMILES string of the molecule is CC(NCC1COCCO1)c1ccc2c(c1)OCO2. The molecule has 2 aliphatic rings. The Morgan fingerprint density at radius 3 is 3.00 bits per heavy atom. The van der Waals surface area contributed by atoms with Crippen molar-refractivity contribution in [1.82, 2.24) is 5.32 Å². The summed E-state index contributed by atoms with van der Waals surface area (Å²) in [5, 5.41) is 3.46. The average Bonchev–Trinajstić information content (AvgIpc) is 2.93. The summed E-state index contributed by atoms with van der Waals surface area (Å²) in [4.78, 5) is 0. The van der Waals surface area contributed by atoms with Crippen LogP contribution in [0.5, 0.6) is 11.5 Å². The maximum atomic E-state index is 5.61. The summed E-state index contributed by atoms with van der Waals surface area (Å²) in [5.74, 6) is 1.64. The first-order valence-corrected chi connectivity index (χ1v) is 6.65. The first kappa shape index (κ1) is 12.7. The van der Waals surface area contributed by atoms with Gasteiger partial charge in [-0.05, 0) is 24.6 Å². The summed E-state index contributed by atoms with van der Waals surface area (Å²) < 4.78 is 21.7. The highest BCUT2D eigenvalue weighted by Crippen LogP contribution is 2.34. The van der Waals surface area contributed by atoms with Gasteiger partial charge in [0, 0.05) is 12.6 Å². The smallest absolute Gasteiger partial charge is 0.231 e. The predicted molar refractivity (Wildman–Crippen MR) is 69.5 cm³/mol. The zero-order chi connectivity index (χ0) is 13.1. The van der Waals surface area contributed by atoms with E-state index in [1.807, 2.05) is 12.1 Å². The minimum absolute atomic E-state index is 0.144. The minimum Gasteiger partial charge on any atom is -0.454 e. The second-order valence-electron chi connectivity index (χ2n) is 4.81. The number of rotatable bonds is 4. The molecular weight excluding hydrogens is 246 g/mol. The summed E-state index contributed by atoms with van der Waals surface area (Å²) in [7, 11) is 0. The van der Waals surface area contributed by atoms with Crippen molar-refractivity contribution in [3.63, 3.8) is 0 Å². The maximum Gasteiger partial charge on any atom is 0.231 e. The lowest BCUT2D eigenvalue weighted by Crippen LogP contribution is -2.38. The molecule has 1 aromatic rings. The number of hydrogen-bond donors (Lipinski definition) is 1. The molecule has 5 nitrogen and oxygen atoms in total. The summed E-state index contributed by atoms with van der Waals surface area (Å²) in [6.07, 6.45) is 0.144. The molecule has 1 saturated heterocycles. The zero-order valence-electron chi connectivity index (χ0n) is 11.1. The molecule has 2 unspecified atom stereocenters. The van der Waals surface area contributed by atoms with E-state index in [1.54, 1.807) is 0 Å². The third-order valence-electron chi connectivity index (χ3n) is 3.43.